The Kier molecular flexibility index (Phi) is 3.66. The maximum Gasteiger partial charge on any atom is 0.0973 e. The van der Waals surface area contributed by atoms with Gasteiger partial charge in [-0.2, -0.15) is 5.10 Å². The van der Waals surface area contributed by atoms with Crippen LogP contribution in [-0.4, -0.2) is 20.9 Å². The van der Waals surface area contributed by atoms with Crippen LogP contribution in [0.25, 0.3) is 0 Å². The predicted octanol–water partition coefficient (Wildman–Crippen LogP) is 0.753. The Morgan fingerprint density at radius 2 is 2.21 bits per heavy atom. The highest BCUT2D eigenvalue weighted by molar-refractivity contribution is 5.21. The first-order valence-corrected chi connectivity index (χ1v) is 5.06. The van der Waals surface area contributed by atoms with Crippen molar-refractivity contribution in [3.8, 4) is 0 Å². The lowest BCUT2D eigenvalue weighted by atomic mass is 10.0. The Bertz CT molecular complexity index is 296. The third-order valence-electron chi connectivity index (χ3n) is 2.47. The van der Waals surface area contributed by atoms with E-state index in [4.69, 9.17) is 5.73 Å². The van der Waals surface area contributed by atoms with E-state index in [0.717, 1.165) is 24.1 Å². The van der Waals surface area contributed by atoms with Gasteiger partial charge in [0.15, 0.2) is 0 Å². The lowest BCUT2D eigenvalue weighted by Crippen LogP contribution is -2.27. The molecule has 1 heterocycles. The Balaban J connectivity index is 2.93. The number of hydrogen-bond acceptors (Lipinski definition) is 3. The molecule has 2 atom stereocenters. The summed E-state index contributed by atoms with van der Waals surface area (Å²) in [6, 6.07) is -0.204. The number of nitrogens with zero attached hydrogens (tertiary/aromatic N) is 2. The number of nitrogens with two attached hydrogens (primary N) is 1. The summed E-state index contributed by atoms with van der Waals surface area (Å²) in [5.74, 6) is 0. The molecule has 4 heteroatoms. The zero-order valence-corrected chi connectivity index (χ0v) is 9.07. The number of aryl methyl sites for hydroxylation is 2. The minimum atomic E-state index is -0.594. The van der Waals surface area contributed by atoms with Crippen LogP contribution in [0.5, 0.6) is 0 Å². The van der Waals surface area contributed by atoms with Crippen molar-refractivity contribution in [1.29, 1.82) is 0 Å². The number of aromatic nitrogens is 2. The molecule has 1 aromatic heterocycles. The molecule has 0 fully saturated rings. The van der Waals surface area contributed by atoms with Gasteiger partial charge in [0.1, 0.15) is 0 Å². The summed E-state index contributed by atoms with van der Waals surface area (Å²) < 4.78 is 1.72. The third kappa shape index (κ3) is 2.13. The molecule has 0 saturated heterocycles. The Hall–Kier alpha value is -0.870. The first-order chi connectivity index (χ1) is 6.60. The van der Waals surface area contributed by atoms with Crippen LogP contribution in [-0.2, 0) is 13.5 Å². The molecule has 14 heavy (non-hydrogen) atoms. The van der Waals surface area contributed by atoms with Crippen LogP contribution < -0.4 is 5.73 Å². The summed E-state index contributed by atoms with van der Waals surface area (Å²) in [4.78, 5) is 0. The molecule has 80 valence electrons. The highest BCUT2D eigenvalue weighted by atomic mass is 16.3. The molecule has 0 aliphatic carbocycles. The molecule has 0 amide bonds. The second-order valence-corrected chi connectivity index (χ2v) is 3.58. The first kappa shape index (κ1) is 11.2. The summed E-state index contributed by atoms with van der Waals surface area (Å²) >= 11 is 0. The fraction of sp³-hybridized carbons (Fsp3) is 0.700. The van der Waals surface area contributed by atoms with Crippen molar-refractivity contribution in [2.24, 2.45) is 12.8 Å². The third-order valence-corrected chi connectivity index (χ3v) is 2.47. The summed E-state index contributed by atoms with van der Waals surface area (Å²) in [5, 5.41) is 14.2. The number of aliphatic hydroxyl groups excluding tert-OH is 1. The van der Waals surface area contributed by atoms with Crippen molar-refractivity contribution in [1.82, 2.24) is 9.78 Å². The van der Waals surface area contributed by atoms with Crippen LogP contribution in [0.3, 0.4) is 0 Å². The van der Waals surface area contributed by atoms with Gasteiger partial charge in [-0.1, -0.05) is 13.8 Å². The standard InChI is InChI=1S/C10H19N3O/c1-4-8(11)10(14)7-6-13(3)12-9(7)5-2/h6,8,10,14H,4-5,11H2,1-3H3. The van der Waals surface area contributed by atoms with Crippen molar-refractivity contribution >= 4 is 0 Å². The van der Waals surface area contributed by atoms with E-state index in [-0.39, 0.29) is 6.04 Å². The van der Waals surface area contributed by atoms with Gasteiger partial charge in [0.25, 0.3) is 0 Å². The second kappa shape index (κ2) is 4.57. The SMILES string of the molecule is CCc1nn(C)cc1C(O)C(N)CC. The van der Waals surface area contributed by atoms with Gasteiger partial charge in [-0.3, -0.25) is 4.68 Å². The van der Waals surface area contributed by atoms with Crippen molar-refractivity contribution in [2.45, 2.75) is 38.8 Å². The molecular formula is C10H19N3O. The van der Waals surface area contributed by atoms with Gasteiger partial charge in [0, 0.05) is 24.8 Å². The average Bonchev–Trinajstić information content (AvgIpc) is 2.57. The number of rotatable bonds is 4. The molecule has 4 nitrogen and oxygen atoms in total. The van der Waals surface area contributed by atoms with Crippen molar-refractivity contribution in [2.75, 3.05) is 0 Å². The van der Waals surface area contributed by atoms with E-state index in [2.05, 4.69) is 5.10 Å². The summed E-state index contributed by atoms with van der Waals surface area (Å²) in [5.41, 5.74) is 7.59. The summed E-state index contributed by atoms with van der Waals surface area (Å²) in [7, 11) is 1.85. The molecule has 1 rings (SSSR count). The van der Waals surface area contributed by atoms with E-state index >= 15 is 0 Å². The molecule has 0 aromatic carbocycles. The molecule has 0 saturated carbocycles. The Morgan fingerprint density at radius 3 is 2.71 bits per heavy atom. The maximum atomic E-state index is 9.94. The lowest BCUT2D eigenvalue weighted by Gasteiger charge is -2.16. The molecule has 0 aliphatic heterocycles. The van der Waals surface area contributed by atoms with Gasteiger partial charge < -0.3 is 10.8 Å². The van der Waals surface area contributed by atoms with Crippen LogP contribution in [0.2, 0.25) is 0 Å². The zero-order chi connectivity index (χ0) is 10.7. The fourth-order valence-corrected chi connectivity index (χ4v) is 1.53. The van der Waals surface area contributed by atoms with Gasteiger partial charge in [-0.25, -0.2) is 0 Å². The van der Waals surface area contributed by atoms with Gasteiger partial charge in [-0.05, 0) is 12.8 Å². The first-order valence-electron chi connectivity index (χ1n) is 5.06. The Morgan fingerprint density at radius 1 is 1.57 bits per heavy atom. The number of aliphatic hydroxyl groups is 1. The lowest BCUT2D eigenvalue weighted by molar-refractivity contribution is 0.143. The molecule has 0 aliphatic rings. The van der Waals surface area contributed by atoms with Gasteiger partial charge in [0.05, 0.1) is 11.8 Å². The highest BCUT2D eigenvalue weighted by Gasteiger charge is 2.20. The molecular weight excluding hydrogens is 178 g/mol. The van der Waals surface area contributed by atoms with Crippen LogP contribution in [0.1, 0.15) is 37.6 Å². The van der Waals surface area contributed by atoms with E-state index in [1.807, 2.05) is 27.1 Å². The maximum absolute atomic E-state index is 9.94. The van der Waals surface area contributed by atoms with E-state index in [1.165, 1.54) is 0 Å². The molecule has 1 aromatic rings. The molecule has 0 radical (unpaired) electrons. The van der Waals surface area contributed by atoms with Crippen molar-refractivity contribution < 1.29 is 5.11 Å². The van der Waals surface area contributed by atoms with Gasteiger partial charge >= 0.3 is 0 Å². The molecule has 0 spiro atoms. The highest BCUT2D eigenvalue weighted by Crippen LogP contribution is 2.20. The molecule has 2 unspecified atom stereocenters. The van der Waals surface area contributed by atoms with E-state index in [9.17, 15) is 5.11 Å². The van der Waals surface area contributed by atoms with Crippen LogP contribution in [0.15, 0.2) is 6.20 Å². The quantitative estimate of drug-likeness (QED) is 0.748. The van der Waals surface area contributed by atoms with Gasteiger partial charge in [-0.15, -0.1) is 0 Å². The summed E-state index contributed by atoms with van der Waals surface area (Å²) in [6.07, 6.45) is 2.84. The minimum Gasteiger partial charge on any atom is -0.387 e. The Labute approximate surface area is 84.7 Å². The topological polar surface area (TPSA) is 64.1 Å². The normalized spacial score (nSPS) is 15.5. The van der Waals surface area contributed by atoms with Crippen LogP contribution in [0, 0.1) is 0 Å². The van der Waals surface area contributed by atoms with Crippen molar-refractivity contribution in [3.63, 3.8) is 0 Å². The second-order valence-electron chi connectivity index (χ2n) is 3.58. The molecule has 0 bridgehead atoms. The monoisotopic (exact) mass is 197 g/mol. The minimum absolute atomic E-state index is 0.204. The largest absolute Gasteiger partial charge is 0.387 e. The zero-order valence-electron chi connectivity index (χ0n) is 9.07. The van der Waals surface area contributed by atoms with E-state index < -0.39 is 6.10 Å². The van der Waals surface area contributed by atoms with E-state index in [0.29, 0.717) is 0 Å². The average molecular weight is 197 g/mol. The van der Waals surface area contributed by atoms with Crippen LogP contribution >= 0.6 is 0 Å². The molecule has 3 N–H and O–H groups in total. The predicted molar refractivity (Wildman–Crippen MR) is 55.8 cm³/mol. The summed E-state index contributed by atoms with van der Waals surface area (Å²) in [6.45, 7) is 3.99. The van der Waals surface area contributed by atoms with Gasteiger partial charge in [0.2, 0.25) is 0 Å². The van der Waals surface area contributed by atoms with Crippen molar-refractivity contribution in [3.05, 3.63) is 17.5 Å². The smallest absolute Gasteiger partial charge is 0.0973 e. The van der Waals surface area contributed by atoms with Crippen LogP contribution in [0.4, 0.5) is 0 Å². The fourth-order valence-electron chi connectivity index (χ4n) is 1.53. The van der Waals surface area contributed by atoms with E-state index in [1.54, 1.807) is 4.68 Å². The number of hydrogen-bond donors (Lipinski definition) is 2.